The van der Waals surface area contributed by atoms with Gasteiger partial charge in [-0.3, -0.25) is 9.69 Å². The van der Waals surface area contributed by atoms with Crippen molar-refractivity contribution in [1.82, 2.24) is 10.2 Å². The minimum Gasteiger partial charge on any atom is -0.351 e. The first-order chi connectivity index (χ1) is 12.2. The molecule has 0 radical (unpaired) electrons. The smallest absolute Gasteiger partial charge is 0.229 e. The van der Waals surface area contributed by atoms with Crippen LogP contribution in [0.2, 0.25) is 0 Å². The van der Waals surface area contributed by atoms with E-state index in [9.17, 15) is 4.79 Å². The van der Waals surface area contributed by atoms with E-state index in [1.165, 1.54) is 5.56 Å². The van der Waals surface area contributed by atoms with Crippen LogP contribution in [0.5, 0.6) is 0 Å². The lowest BCUT2D eigenvalue weighted by Gasteiger charge is -2.18. The van der Waals surface area contributed by atoms with Gasteiger partial charge in [0.25, 0.3) is 0 Å². The second-order valence-corrected chi connectivity index (χ2v) is 6.19. The summed E-state index contributed by atoms with van der Waals surface area (Å²) in [6, 6.07) is 18.1. The van der Waals surface area contributed by atoms with Gasteiger partial charge in [0.05, 0.1) is 5.92 Å². The largest absolute Gasteiger partial charge is 0.351 e. The first-order valence-electron chi connectivity index (χ1n) is 9.00. The summed E-state index contributed by atoms with van der Waals surface area (Å²) in [7, 11) is 0. The predicted octanol–water partition coefficient (Wildman–Crippen LogP) is 3.73. The average molecular weight is 412 g/mol. The molecule has 4 nitrogen and oxygen atoms in total. The molecule has 6 heteroatoms. The van der Waals surface area contributed by atoms with Gasteiger partial charge in [0.1, 0.15) is 0 Å². The second kappa shape index (κ2) is 13.6. The molecule has 0 saturated heterocycles. The number of carbonyl (C=O) groups is 1. The van der Waals surface area contributed by atoms with E-state index in [4.69, 9.17) is 5.73 Å². The molecule has 27 heavy (non-hydrogen) atoms. The van der Waals surface area contributed by atoms with E-state index >= 15 is 0 Å². The standard InChI is InChI=1S/C21H29N3O.2ClH/c1-3-24(4-2)16-18-12-10-17(11-13-18)15-23-21(25)20(14-22)19-8-6-5-7-9-19;;/h5-13,20H,3-4,14-16,22H2,1-2H3,(H,23,25);2*1H. The van der Waals surface area contributed by atoms with Crippen molar-refractivity contribution in [2.24, 2.45) is 5.73 Å². The summed E-state index contributed by atoms with van der Waals surface area (Å²) in [5.41, 5.74) is 9.15. The van der Waals surface area contributed by atoms with Gasteiger partial charge in [0.15, 0.2) is 0 Å². The fraction of sp³-hybridized carbons (Fsp3) is 0.381. The highest BCUT2D eigenvalue weighted by Crippen LogP contribution is 2.14. The van der Waals surface area contributed by atoms with Crippen molar-refractivity contribution >= 4 is 30.7 Å². The lowest BCUT2D eigenvalue weighted by atomic mass is 9.98. The molecule has 0 aliphatic heterocycles. The molecule has 0 aliphatic rings. The Morgan fingerprint density at radius 2 is 1.52 bits per heavy atom. The van der Waals surface area contributed by atoms with Crippen molar-refractivity contribution in [3.05, 3.63) is 71.3 Å². The molecular weight excluding hydrogens is 381 g/mol. The normalized spacial score (nSPS) is 11.3. The third-order valence-electron chi connectivity index (χ3n) is 4.54. The monoisotopic (exact) mass is 411 g/mol. The third kappa shape index (κ3) is 7.89. The van der Waals surface area contributed by atoms with Crippen LogP contribution in [0.15, 0.2) is 54.6 Å². The van der Waals surface area contributed by atoms with E-state index in [2.05, 4.69) is 48.3 Å². The maximum absolute atomic E-state index is 12.4. The number of benzene rings is 2. The second-order valence-electron chi connectivity index (χ2n) is 6.19. The Morgan fingerprint density at radius 1 is 0.963 bits per heavy atom. The Bertz CT molecular complexity index is 646. The van der Waals surface area contributed by atoms with Crippen molar-refractivity contribution < 1.29 is 4.79 Å². The maximum Gasteiger partial charge on any atom is 0.229 e. The maximum atomic E-state index is 12.4. The molecule has 0 fully saturated rings. The zero-order valence-electron chi connectivity index (χ0n) is 16.1. The fourth-order valence-electron chi connectivity index (χ4n) is 2.86. The van der Waals surface area contributed by atoms with E-state index < -0.39 is 0 Å². The SMILES string of the molecule is CCN(CC)Cc1ccc(CNC(=O)C(CN)c2ccccc2)cc1.Cl.Cl. The van der Waals surface area contributed by atoms with Gasteiger partial charge >= 0.3 is 0 Å². The predicted molar refractivity (Wildman–Crippen MR) is 118 cm³/mol. The van der Waals surface area contributed by atoms with Crippen molar-refractivity contribution in [2.45, 2.75) is 32.9 Å². The number of nitrogens with zero attached hydrogens (tertiary/aromatic N) is 1. The van der Waals surface area contributed by atoms with Crippen LogP contribution in [0.1, 0.15) is 36.5 Å². The summed E-state index contributed by atoms with van der Waals surface area (Å²) in [5, 5.41) is 3.00. The van der Waals surface area contributed by atoms with Crippen LogP contribution in [0.3, 0.4) is 0 Å². The Labute approximate surface area is 175 Å². The van der Waals surface area contributed by atoms with Gasteiger partial charge in [-0.15, -0.1) is 24.8 Å². The lowest BCUT2D eigenvalue weighted by Crippen LogP contribution is -2.33. The zero-order valence-corrected chi connectivity index (χ0v) is 17.7. The zero-order chi connectivity index (χ0) is 18.1. The molecule has 2 rings (SSSR count). The molecule has 0 heterocycles. The molecule has 2 aromatic carbocycles. The van der Waals surface area contributed by atoms with Crippen LogP contribution in [-0.2, 0) is 17.9 Å². The fourth-order valence-corrected chi connectivity index (χ4v) is 2.86. The van der Waals surface area contributed by atoms with Crippen LogP contribution in [-0.4, -0.2) is 30.4 Å². The first-order valence-corrected chi connectivity index (χ1v) is 9.00. The highest BCUT2D eigenvalue weighted by molar-refractivity contribution is 5.85. The number of nitrogens with two attached hydrogens (primary N) is 1. The van der Waals surface area contributed by atoms with Gasteiger partial charge in [-0.25, -0.2) is 0 Å². The van der Waals surface area contributed by atoms with Crippen molar-refractivity contribution in [1.29, 1.82) is 0 Å². The van der Waals surface area contributed by atoms with Gasteiger partial charge in [0.2, 0.25) is 5.91 Å². The molecule has 0 spiro atoms. The summed E-state index contributed by atoms with van der Waals surface area (Å²) < 4.78 is 0. The molecule has 0 aliphatic carbocycles. The molecule has 150 valence electrons. The van der Waals surface area contributed by atoms with Gasteiger partial charge in [-0.05, 0) is 29.8 Å². The van der Waals surface area contributed by atoms with Gasteiger partial charge in [-0.1, -0.05) is 68.4 Å². The van der Waals surface area contributed by atoms with Gasteiger partial charge in [0, 0.05) is 19.6 Å². The van der Waals surface area contributed by atoms with E-state index in [1.54, 1.807) is 0 Å². The van der Waals surface area contributed by atoms with Crippen LogP contribution in [0.25, 0.3) is 0 Å². The van der Waals surface area contributed by atoms with Crippen LogP contribution in [0, 0.1) is 0 Å². The molecule has 3 N–H and O–H groups in total. The molecular formula is C21H31Cl2N3O. The first kappa shape index (κ1) is 25.4. The summed E-state index contributed by atoms with van der Waals surface area (Å²) in [4.78, 5) is 14.8. The highest BCUT2D eigenvalue weighted by Gasteiger charge is 2.18. The van der Waals surface area contributed by atoms with E-state index in [1.807, 2.05) is 30.3 Å². The number of rotatable bonds is 9. The number of carbonyl (C=O) groups excluding carboxylic acids is 1. The Kier molecular flexibility index (Phi) is 12.8. The molecule has 1 amide bonds. The van der Waals surface area contributed by atoms with Crippen LogP contribution >= 0.6 is 24.8 Å². The molecule has 2 aromatic rings. The minimum atomic E-state index is -0.303. The van der Waals surface area contributed by atoms with E-state index in [0.29, 0.717) is 13.1 Å². The molecule has 1 unspecified atom stereocenters. The number of halogens is 2. The number of hydrogen-bond acceptors (Lipinski definition) is 3. The Morgan fingerprint density at radius 3 is 2.04 bits per heavy atom. The van der Waals surface area contributed by atoms with Crippen LogP contribution in [0.4, 0.5) is 0 Å². The summed E-state index contributed by atoms with van der Waals surface area (Å²) in [5.74, 6) is -0.330. The number of hydrogen-bond donors (Lipinski definition) is 2. The molecule has 0 bridgehead atoms. The number of amides is 1. The van der Waals surface area contributed by atoms with E-state index in [0.717, 1.165) is 30.8 Å². The quantitative estimate of drug-likeness (QED) is 0.660. The molecule has 0 aromatic heterocycles. The Balaban J connectivity index is 0.00000338. The third-order valence-corrected chi connectivity index (χ3v) is 4.54. The average Bonchev–Trinajstić information content (AvgIpc) is 2.67. The van der Waals surface area contributed by atoms with Crippen molar-refractivity contribution in [2.75, 3.05) is 19.6 Å². The summed E-state index contributed by atoms with van der Waals surface area (Å²) >= 11 is 0. The van der Waals surface area contributed by atoms with Crippen molar-refractivity contribution in [3.8, 4) is 0 Å². The Hall–Kier alpha value is -1.59. The lowest BCUT2D eigenvalue weighted by molar-refractivity contribution is -0.122. The minimum absolute atomic E-state index is 0. The van der Waals surface area contributed by atoms with Crippen LogP contribution < -0.4 is 11.1 Å². The number of nitrogens with one attached hydrogen (secondary N) is 1. The molecule has 0 saturated carbocycles. The van der Waals surface area contributed by atoms with Gasteiger partial charge in [-0.2, -0.15) is 0 Å². The van der Waals surface area contributed by atoms with E-state index in [-0.39, 0.29) is 36.6 Å². The molecule has 1 atom stereocenters. The van der Waals surface area contributed by atoms with Crippen molar-refractivity contribution in [3.63, 3.8) is 0 Å². The summed E-state index contributed by atoms with van der Waals surface area (Å²) in [6.45, 7) is 8.24. The summed E-state index contributed by atoms with van der Waals surface area (Å²) in [6.07, 6.45) is 0. The van der Waals surface area contributed by atoms with Gasteiger partial charge < -0.3 is 11.1 Å². The highest BCUT2D eigenvalue weighted by atomic mass is 35.5. The topological polar surface area (TPSA) is 58.4 Å².